The third-order valence-electron chi connectivity index (χ3n) is 3.02. The van der Waals surface area contributed by atoms with Crippen molar-refractivity contribution in [2.75, 3.05) is 18.0 Å². The number of carbonyl (C=O) groups is 2. The molecule has 5 heteroatoms. The summed E-state index contributed by atoms with van der Waals surface area (Å²) >= 11 is 0. The van der Waals surface area contributed by atoms with Crippen LogP contribution >= 0.6 is 0 Å². The van der Waals surface area contributed by atoms with Crippen LogP contribution in [0.15, 0.2) is 12.1 Å². The molecule has 0 unspecified atom stereocenters. The van der Waals surface area contributed by atoms with Crippen molar-refractivity contribution in [2.45, 2.75) is 20.8 Å². The predicted octanol–water partition coefficient (Wildman–Crippen LogP) is 1.59. The van der Waals surface area contributed by atoms with Gasteiger partial charge in [-0.25, -0.2) is 0 Å². The van der Waals surface area contributed by atoms with E-state index in [-0.39, 0.29) is 13.1 Å². The zero-order chi connectivity index (χ0) is 13.9. The van der Waals surface area contributed by atoms with Gasteiger partial charge in [0.05, 0.1) is 0 Å². The number of hydrogen-bond acceptors (Lipinski definition) is 3. The third kappa shape index (κ3) is 3.23. The van der Waals surface area contributed by atoms with E-state index < -0.39 is 11.9 Å². The van der Waals surface area contributed by atoms with Gasteiger partial charge in [-0.2, -0.15) is 0 Å². The molecule has 2 N–H and O–H groups in total. The summed E-state index contributed by atoms with van der Waals surface area (Å²) in [6.07, 6.45) is 0. The van der Waals surface area contributed by atoms with Crippen LogP contribution in [0, 0.1) is 20.8 Å². The Labute approximate surface area is 106 Å². The number of carboxylic acid groups (broad SMARTS) is 2. The summed E-state index contributed by atoms with van der Waals surface area (Å²) in [6, 6.07) is 3.64. The first kappa shape index (κ1) is 14.0. The molecule has 1 rings (SSSR count). The number of nitrogens with zero attached hydrogens (tertiary/aromatic N) is 1. The van der Waals surface area contributed by atoms with Gasteiger partial charge >= 0.3 is 11.9 Å². The molecule has 0 bridgehead atoms. The van der Waals surface area contributed by atoms with Crippen LogP contribution in [0.5, 0.6) is 0 Å². The van der Waals surface area contributed by atoms with E-state index in [1.807, 2.05) is 26.8 Å². The number of benzene rings is 1. The predicted molar refractivity (Wildman–Crippen MR) is 68.1 cm³/mol. The van der Waals surface area contributed by atoms with Crippen molar-refractivity contribution in [1.29, 1.82) is 0 Å². The van der Waals surface area contributed by atoms with E-state index in [4.69, 9.17) is 10.2 Å². The minimum absolute atomic E-state index is 0.324. The zero-order valence-corrected chi connectivity index (χ0v) is 10.7. The Morgan fingerprint density at radius 2 is 1.50 bits per heavy atom. The molecule has 5 nitrogen and oxygen atoms in total. The normalized spacial score (nSPS) is 10.2. The minimum Gasteiger partial charge on any atom is -0.480 e. The molecule has 0 saturated heterocycles. The molecule has 1 aromatic carbocycles. The Morgan fingerprint density at radius 1 is 1.00 bits per heavy atom. The molecule has 0 atom stereocenters. The fourth-order valence-electron chi connectivity index (χ4n) is 1.84. The molecule has 98 valence electrons. The van der Waals surface area contributed by atoms with Crippen LogP contribution in [0.1, 0.15) is 16.7 Å². The van der Waals surface area contributed by atoms with Gasteiger partial charge in [0.2, 0.25) is 0 Å². The lowest BCUT2D eigenvalue weighted by molar-refractivity contribution is -0.136. The summed E-state index contributed by atoms with van der Waals surface area (Å²) in [5, 5.41) is 17.7. The van der Waals surface area contributed by atoms with Crippen LogP contribution < -0.4 is 4.90 Å². The van der Waals surface area contributed by atoms with E-state index in [0.717, 1.165) is 16.7 Å². The van der Waals surface area contributed by atoms with Crippen LogP contribution in [0.25, 0.3) is 0 Å². The van der Waals surface area contributed by atoms with E-state index in [1.54, 1.807) is 6.07 Å². The fourth-order valence-corrected chi connectivity index (χ4v) is 1.84. The standard InChI is InChI=1S/C13H17NO4/c1-8-4-5-11(10(3)9(8)2)14(6-12(15)16)7-13(17)18/h4-5H,6-7H2,1-3H3,(H,15,16)(H,17,18). The number of anilines is 1. The van der Waals surface area contributed by atoms with Crippen LogP contribution in [-0.4, -0.2) is 35.2 Å². The maximum absolute atomic E-state index is 10.8. The zero-order valence-electron chi connectivity index (χ0n) is 10.7. The Balaban J connectivity index is 3.16. The van der Waals surface area contributed by atoms with Crippen molar-refractivity contribution in [2.24, 2.45) is 0 Å². The quantitative estimate of drug-likeness (QED) is 0.830. The molecule has 0 spiro atoms. The maximum atomic E-state index is 10.8. The number of carboxylic acids is 2. The fraction of sp³-hybridized carbons (Fsp3) is 0.385. The van der Waals surface area contributed by atoms with E-state index in [9.17, 15) is 9.59 Å². The molecule has 0 amide bonds. The summed E-state index contributed by atoms with van der Waals surface area (Å²) in [7, 11) is 0. The third-order valence-corrected chi connectivity index (χ3v) is 3.02. The van der Waals surface area contributed by atoms with Crippen LogP contribution in [-0.2, 0) is 9.59 Å². The van der Waals surface area contributed by atoms with Gasteiger partial charge in [-0.15, -0.1) is 0 Å². The number of rotatable bonds is 5. The highest BCUT2D eigenvalue weighted by atomic mass is 16.4. The van der Waals surface area contributed by atoms with Crippen LogP contribution in [0.3, 0.4) is 0 Å². The highest BCUT2D eigenvalue weighted by molar-refractivity contribution is 5.80. The molecule has 0 aliphatic carbocycles. The SMILES string of the molecule is Cc1ccc(N(CC(=O)O)CC(=O)O)c(C)c1C. The van der Waals surface area contributed by atoms with Gasteiger partial charge in [0, 0.05) is 5.69 Å². The Morgan fingerprint density at radius 3 is 1.94 bits per heavy atom. The average Bonchev–Trinajstić information content (AvgIpc) is 2.24. The van der Waals surface area contributed by atoms with Crippen molar-refractivity contribution >= 4 is 17.6 Å². The van der Waals surface area contributed by atoms with Gasteiger partial charge in [-0.05, 0) is 43.5 Å². The molecule has 0 aliphatic heterocycles. The number of aliphatic carboxylic acids is 2. The van der Waals surface area contributed by atoms with E-state index in [2.05, 4.69) is 0 Å². The van der Waals surface area contributed by atoms with E-state index in [1.165, 1.54) is 4.90 Å². The molecule has 0 fully saturated rings. The molecular weight excluding hydrogens is 234 g/mol. The van der Waals surface area contributed by atoms with Gasteiger partial charge in [0.15, 0.2) is 0 Å². The van der Waals surface area contributed by atoms with Gasteiger partial charge in [-0.3, -0.25) is 9.59 Å². The van der Waals surface area contributed by atoms with E-state index in [0.29, 0.717) is 5.69 Å². The molecule has 18 heavy (non-hydrogen) atoms. The summed E-state index contributed by atoms with van der Waals surface area (Å²) in [5.74, 6) is -2.09. The topological polar surface area (TPSA) is 77.8 Å². The monoisotopic (exact) mass is 251 g/mol. The van der Waals surface area contributed by atoms with E-state index >= 15 is 0 Å². The minimum atomic E-state index is -1.05. The highest BCUT2D eigenvalue weighted by Gasteiger charge is 2.17. The van der Waals surface area contributed by atoms with Gasteiger partial charge < -0.3 is 15.1 Å². The number of hydrogen-bond donors (Lipinski definition) is 2. The summed E-state index contributed by atoms with van der Waals surface area (Å²) in [4.78, 5) is 22.9. The van der Waals surface area contributed by atoms with Crippen molar-refractivity contribution in [1.82, 2.24) is 0 Å². The molecular formula is C13H17NO4. The first-order valence-electron chi connectivity index (χ1n) is 5.58. The molecule has 0 heterocycles. The molecule has 0 aliphatic rings. The first-order chi connectivity index (χ1) is 8.32. The van der Waals surface area contributed by atoms with Crippen molar-refractivity contribution in [3.63, 3.8) is 0 Å². The lowest BCUT2D eigenvalue weighted by Gasteiger charge is -2.24. The molecule has 0 saturated carbocycles. The summed E-state index contributed by atoms with van der Waals surface area (Å²) < 4.78 is 0. The Kier molecular flexibility index (Phi) is 4.31. The second kappa shape index (κ2) is 5.53. The second-order valence-electron chi connectivity index (χ2n) is 4.30. The van der Waals surface area contributed by atoms with Crippen molar-refractivity contribution in [3.05, 3.63) is 28.8 Å². The van der Waals surface area contributed by atoms with Gasteiger partial charge in [-0.1, -0.05) is 6.07 Å². The van der Waals surface area contributed by atoms with Crippen LogP contribution in [0.2, 0.25) is 0 Å². The average molecular weight is 251 g/mol. The lowest BCUT2D eigenvalue weighted by atomic mass is 10.0. The second-order valence-corrected chi connectivity index (χ2v) is 4.30. The molecule has 1 aromatic rings. The smallest absolute Gasteiger partial charge is 0.323 e. The largest absolute Gasteiger partial charge is 0.480 e. The summed E-state index contributed by atoms with van der Waals surface area (Å²) in [6.45, 7) is 5.12. The molecule has 0 radical (unpaired) electrons. The Hall–Kier alpha value is -2.04. The Bertz CT molecular complexity index is 466. The number of aryl methyl sites for hydroxylation is 1. The summed E-state index contributed by atoms with van der Waals surface area (Å²) in [5.41, 5.74) is 3.72. The van der Waals surface area contributed by atoms with Crippen molar-refractivity contribution in [3.8, 4) is 0 Å². The first-order valence-corrected chi connectivity index (χ1v) is 5.58. The highest BCUT2D eigenvalue weighted by Crippen LogP contribution is 2.25. The van der Waals surface area contributed by atoms with Gasteiger partial charge in [0.25, 0.3) is 0 Å². The van der Waals surface area contributed by atoms with Crippen LogP contribution in [0.4, 0.5) is 5.69 Å². The molecule has 0 aromatic heterocycles. The lowest BCUT2D eigenvalue weighted by Crippen LogP contribution is -2.35. The maximum Gasteiger partial charge on any atom is 0.323 e. The van der Waals surface area contributed by atoms with Gasteiger partial charge in [0.1, 0.15) is 13.1 Å². The van der Waals surface area contributed by atoms with Crippen molar-refractivity contribution < 1.29 is 19.8 Å².